The van der Waals surface area contributed by atoms with Gasteiger partial charge in [-0.15, -0.1) is 0 Å². The van der Waals surface area contributed by atoms with Crippen molar-refractivity contribution in [2.75, 3.05) is 19.3 Å². The van der Waals surface area contributed by atoms with E-state index < -0.39 is 10.8 Å². The van der Waals surface area contributed by atoms with E-state index in [4.69, 9.17) is 5.26 Å². The molecule has 0 amide bonds. The predicted octanol–water partition coefficient (Wildman–Crippen LogP) is 0.0107. The number of nitrogens with zero attached hydrogens (tertiary/aromatic N) is 1. The highest BCUT2D eigenvalue weighted by molar-refractivity contribution is 7.86. The Labute approximate surface area is 69.2 Å². The molecule has 3 nitrogen and oxygen atoms in total. The first-order valence-corrected chi connectivity index (χ1v) is 5.18. The van der Waals surface area contributed by atoms with Gasteiger partial charge >= 0.3 is 0 Å². The van der Waals surface area contributed by atoms with Crippen LogP contribution >= 0.6 is 0 Å². The van der Waals surface area contributed by atoms with Gasteiger partial charge in [-0.1, -0.05) is 0 Å². The molecule has 1 aliphatic rings. The van der Waals surface area contributed by atoms with Gasteiger partial charge in [-0.2, -0.15) is 5.26 Å². The van der Waals surface area contributed by atoms with Crippen molar-refractivity contribution < 1.29 is 4.21 Å². The maximum atomic E-state index is 11.1. The quantitative estimate of drug-likeness (QED) is 0.480. The van der Waals surface area contributed by atoms with Crippen LogP contribution in [-0.4, -0.2) is 28.3 Å². The molecule has 0 aromatic rings. The molecule has 1 aliphatic carbocycles. The molecule has 0 spiro atoms. The van der Waals surface area contributed by atoms with Crippen LogP contribution in [0.4, 0.5) is 0 Å². The van der Waals surface area contributed by atoms with Crippen molar-refractivity contribution in [3.63, 3.8) is 0 Å². The number of nitrogens with one attached hydrogen (secondary N) is 1. The van der Waals surface area contributed by atoms with Crippen LogP contribution in [0.5, 0.6) is 0 Å². The van der Waals surface area contributed by atoms with E-state index >= 15 is 0 Å². The normalized spacial score (nSPS) is 22.2. The zero-order valence-corrected chi connectivity index (χ0v) is 7.41. The fourth-order valence-electron chi connectivity index (χ4n) is 1.05. The highest BCUT2D eigenvalue weighted by atomic mass is 32.2. The van der Waals surface area contributed by atoms with Crippen molar-refractivity contribution in [3.05, 3.63) is 0 Å². The Morgan fingerprint density at radius 1 is 1.73 bits per heavy atom. The summed E-state index contributed by atoms with van der Waals surface area (Å²) >= 11 is 0. The van der Waals surface area contributed by atoms with Gasteiger partial charge in [0.2, 0.25) is 0 Å². The van der Waals surface area contributed by atoms with Gasteiger partial charge in [0.15, 0.2) is 0 Å². The third kappa shape index (κ3) is 2.01. The minimum absolute atomic E-state index is 0.0108. The van der Waals surface area contributed by atoms with Gasteiger partial charge in [-0.3, -0.25) is 4.21 Å². The highest BCUT2D eigenvalue weighted by Gasteiger charge is 2.46. The molecule has 62 valence electrons. The van der Waals surface area contributed by atoms with Crippen molar-refractivity contribution in [3.8, 4) is 6.07 Å². The van der Waals surface area contributed by atoms with E-state index in [0.29, 0.717) is 6.54 Å². The van der Waals surface area contributed by atoms with Crippen molar-refractivity contribution in [1.82, 2.24) is 5.32 Å². The lowest BCUT2D eigenvalue weighted by Crippen LogP contribution is -2.31. The Morgan fingerprint density at radius 2 is 2.36 bits per heavy atom. The minimum atomic E-state index is -0.740. The Morgan fingerprint density at radius 3 is 2.73 bits per heavy atom. The van der Waals surface area contributed by atoms with Gasteiger partial charge in [0.25, 0.3) is 0 Å². The van der Waals surface area contributed by atoms with Gasteiger partial charge in [0, 0.05) is 23.6 Å². The summed E-state index contributed by atoms with van der Waals surface area (Å²) in [6.07, 6.45) is 3.81. The molecule has 0 saturated heterocycles. The molecule has 1 saturated carbocycles. The van der Waals surface area contributed by atoms with E-state index in [1.807, 2.05) is 6.07 Å². The molecule has 0 bridgehead atoms. The monoisotopic (exact) mass is 172 g/mol. The zero-order chi connectivity index (χ0) is 8.32. The maximum Gasteiger partial charge on any atom is 0.0841 e. The van der Waals surface area contributed by atoms with Crippen molar-refractivity contribution >= 4 is 10.8 Å². The SMILES string of the molecule is CS(=O)C1(CNCC#N)CC1. The summed E-state index contributed by atoms with van der Waals surface area (Å²) in [6.45, 7) is 1.09. The van der Waals surface area contributed by atoms with E-state index in [1.54, 1.807) is 6.26 Å². The maximum absolute atomic E-state index is 11.1. The first kappa shape index (κ1) is 8.69. The van der Waals surface area contributed by atoms with E-state index in [0.717, 1.165) is 19.4 Å². The van der Waals surface area contributed by atoms with Gasteiger partial charge in [0.05, 0.1) is 17.4 Å². The lowest BCUT2D eigenvalue weighted by Gasteiger charge is -2.10. The van der Waals surface area contributed by atoms with E-state index in [2.05, 4.69) is 5.32 Å². The summed E-state index contributed by atoms with van der Waals surface area (Å²) in [5.74, 6) is 0. The lowest BCUT2D eigenvalue weighted by atomic mass is 10.4. The summed E-state index contributed by atoms with van der Waals surface area (Å²) in [5.41, 5.74) is 0. The van der Waals surface area contributed by atoms with E-state index in [9.17, 15) is 4.21 Å². The van der Waals surface area contributed by atoms with Crippen LogP contribution < -0.4 is 5.32 Å². The summed E-state index contributed by atoms with van der Waals surface area (Å²) in [5, 5.41) is 11.2. The predicted molar refractivity (Wildman–Crippen MR) is 44.5 cm³/mol. The third-order valence-electron chi connectivity index (χ3n) is 2.07. The van der Waals surface area contributed by atoms with Crippen LogP contribution in [0.2, 0.25) is 0 Å². The van der Waals surface area contributed by atoms with E-state index in [1.165, 1.54) is 0 Å². The Hall–Kier alpha value is -0.400. The molecule has 0 radical (unpaired) electrons. The summed E-state index contributed by atoms with van der Waals surface area (Å²) in [7, 11) is -0.740. The molecule has 0 aromatic carbocycles. The molecule has 1 unspecified atom stereocenters. The smallest absolute Gasteiger partial charge is 0.0841 e. The second-order valence-corrected chi connectivity index (χ2v) is 4.67. The molecule has 4 heteroatoms. The Kier molecular flexibility index (Phi) is 2.63. The molecular weight excluding hydrogens is 160 g/mol. The molecule has 1 fully saturated rings. The fraction of sp³-hybridized carbons (Fsp3) is 0.857. The van der Waals surface area contributed by atoms with Crippen LogP contribution in [0, 0.1) is 11.3 Å². The highest BCUT2D eigenvalue weighted by Crippen LogP contribution is 2.40. The zero-order valence-electron chi connectivity index (χ0n) is 6.59. The topological polar surface area (TPSA) is 52.9 Å². The number of hydrogen-bond donors (Lipinski definition) is 1. The van der Waals surface area contributed by atoms with Gasteiger partial charge in [-0.25, -0.2) is 0 Å². The van der Waals surface area contributed by atoms with Gasteiger partial charge < -0.3 is 5.32 Å². The van der Waals surface area contributed by atoms with E-state index in [-0.39, 0.29) is 4.75 Å². The van der Waals surface area contributed by atoms with Crippen LogP contribution in [0.15, 0.2) is 0 Å². The Balaban J connectivity index is 2.26. The summed E-state index contributed by atoms with van der Waals surface area (Å²) in [6, 6.07) is 2.00. The minimum Gasteiger partial charge on any atom is -0.303 e. The standard InChI is InChI=1S/C7H12N2OS/c1-11(10)7(2-3-7)6-9-5-4-8/h9H,2-3,5-6H2,1H3. The van der Waals surface area contributed by atoms with Crippen LogP contribution in [0.3, 0.4) is 0 Å². The fourth-order valence-corrected chi connectivity index (χ4v) is 2.03. The molecule has 1 atom stereocenters. The average molecular weight is 172 g/mol. The largest absolute Gasteiger partial charge is 0.303 e. The van der Waals surface area contributed by atoms with Gasteiger partial charge in [-0.05, 0) is 12.8 Å². The van der Waals surface area contributed by atoms with Crippen molar-refractivity contribution in [2.24, 2.45) is 0 Å². The molecule has 0 aliphatic heterocycles. The van der Waals surface area contributed by atoms with Gasteiger partial charge in [0.1, 0.15) is 0 Å². The van der Waals surface area contributed by atoms with Crippen molar-refractivity contribution in [2.45, 2.75) is 17.6 Å². The number of hydrogen-bond acceptors (Lipinski definition) is 3. The Bertz CT molecular complexity index is 205. The summed E-state index contributed by atoms with van der Waals surface area (Å²) < 4.78 is 11.1. The molecule has 0 aromatic heterocycles. The number of rotatable bonds is 4. The second kappa shape index (κ2) is 3.33. The molecular formula is C7H12N2OS. The molecule has 1 rings (SSSR count). The molecule has 1 N–H and O–H groups in total. The molecule has 11 heavy (non-hydrogen) atoms. The summed E-state index contributed by atoms with van der Waals surface area (Å²) in [4.78, 5) is 0. The first-order valence-electron chi connectivity index (χ1n) is 3.62. The van der Waals surface area contributed by atoms with Crippen molar-refractivity contribution in [1.29, 1.82) is 5.26 Å². The average Bonchev–Trinajstić information content (AvgIpc) is 2.70. The molecule has 0 heterocycles. The van der Waals surface area contributed by atoms with Crippen LogP contribution in [-0.2, 0) is 10.8 Å². The van der Waals surface area contributed by atoms with Crippen LogP contribution in [0.1, 0.15) is 12.8 Å². The first-order chi connectivity index (χ1) is 5.21. The number of nitriles is 1. The second-order valence-electron chi connectivity index (χ2n) is 2.90. The third-order valence-corrected chi connectivity index (χ3v) is 3.84. The lowest BCUT2D eigenvalue weighted by molar-refractivity contribution is 0.651. The van der Waals surface area contributed by atoms with Crippen LogP contribution in [0.25, 0.3) is 0 Å².